The van der Waals surface area contributed by atoms with E-state index < -0.39 is 0 Å². The standard InChI is InChI=1S/C30H26O2/c1-3-31-27-19-11-9-17-25(27)29-21-13-5-7-15-23(21)30(24-16-8-6-14-22(24)29)26-18-10-12-20-28(26)32-4-2/h5-20H,3-4H2,1-2H3. The maximum absolute atomic E-state index is 6.04. The van der Waals surface area contributed by atoms with Gasteiger partial charge in [-0.2, -0.15) is 0 Å². The van der Waals surface area contributed by atoms with Gasteiger partial charge in [0.25, 0.3) is 0 Å². The Hall–Kier alpha value is -3.78. The highest BCUT2D eigenvalue weighted by Crippen LogP contribution is 2.47. The van der Waals surface area contributed by atoms with Gasteiger partial charge in [-0.25, -0.2) is 0 Å². The highest BCUT2D eigenvalue weighted by molar-refractivity contribution is 6.22. The van der Waals surface area contributed by atoms with Gasteiger partial charge in [-0.1, -0.05) is 84.9 Å². The maximum atomic E-state index is 6.04. The molecule has 0 fully saturated rings. The summed E-state index contributed by atoms with van der Waals surface area (Å²) in [4.78, 5) is 0. The van der Waals surface area contributed by atoms with Crippen molar-refractivity contribution in [2.24, 2.45) is 0 Å². The smallest absolute Gasteiger partial charge is 0.127 e. The zero-order chi connectivity index (χ0) is 21.9. The lowest BCUT2D eigenvalue weighted by atomic mass is 9.85. The minimum Gasteiger partial charge on any atom is -0.493 e. The van der Waals surface area contributed by atoms with Crippen molar-refractivity contribution in [1.82, 2.24) is 0 Å². The predicted molar refractivity (Wildman–Crippen MR) is 135 cm³/mol. The molecule has 0 saturated carbocycles. The van der Waals surface area contributed by atoms with Crippen LogP contribution in [0.5, 0.6) is 11.5 Å². The fourth-order valence-electron chi connectivity index (χ4n) is 4.62. The van der Waals surface area contributed by atoms with Crippen LogP contribution in [0, 0.1) is 0 Å². The summed E-state index contributed by atoms with van der Waals surface area (Å²) in [6, 6.07) is 34.0. The van der Waals surface area contributed by atoms with E-state index in [2.05, 4.69) is 84.9 Å². The quantitative estimate of drug-likeness (QED) is 0.259. The van der Waals surface area contributed by atoms with Crippen molar-refractivity contribution in [3.63, 3.8) is 0 Å². The van der Waals surface area contributed by atoms with Crippen LogP contribution in [0.25, 0.3) is 43.8 Å². The fraction of sp³-hybridized carbons (Fsp3) is 0.133. The lowest BCUT2D eigenvalue weighted by Crippen LogP contribution is -1.97. The molecule has 0 aliphatic carbocycles. The van der Waals surface area contributed by atoms with Crippen LogP contribution in [-0.4, -0.2) is 13.2 Å². The van der Waals surface area contributed by atoms with E-state index in [0.29, 0.717) is 13.2 Å². The van der Waals surface area contributed by atoms with Gasteiger partial charge in [0, 0.05) is 22.3 Å². The number of hydrogen-bond acceptors (Lipinski definition) is 2. The SMILES string of the molecule is CCOc1ccccc1-c1c2ccccc2c(-c2ccccc2OCC)c2ccccc12. The van der Waals surface area contributed by atoms with E-state index >= 15 is 0 Å². The average Bonchev–Trinajstić information content (AvgIpc) is 2.84. The monoisotopic (exact) mass is 418 g/mol. The van der Waals surface area contributed by atoms with Crippen molar-refractivity contribution in [3.8, 4) is 33.8 Å². The van der Waals surface area contributed by atoms with Crippen molar-refractivity contribution in [1.29, 1.82) is 0 Å². The van der Waals surface area contributed by atoms with Gasteiger partial charge in [0.1, 0.15) is 11.5 Å². The third-order valence-electron chi connectivity index (χ3n) is 5.84. The van der Waals surface area contributed by atoms with Crippen molar-refractivity contribution in [2.75, 3.05) is 13.2 Å². The number of fused-ring (bicyclic) bond motifs is 2. The molecule has 0 aliphatic rings. The first-order chi connectivity index (χ1) is 15.8. The first kappa shape index (κ1) is 20.1. The molecule has 0 heterocycles. The molecule has 0 amide bonds. The molecule has 5 aromatic carbocycles. The summed E-state index contributed by atoms with van der Waals surface area (Å²) in [5, 5.41) is 4.83. The van der Waals surface area contributed by atoms with Crippen molar-refractivity contribution >= 4 is 21.5 Å². The summed E-state index contributed by atoms with van der Waals surface area (Å²) in [7, 11) is 0. The summed E-state index contributed by atoms with van der Waals surface area (Å²) >= 11 is 0. The Morgan fingerprint density at radius 1 is 0.438 bits per heavy atom. The number of rotatable bonds is 6. The Kier molecular flexibility index (Phi) is 5.51. The second-order valence-electron chi connectivity index (χ2n) is 7.70. The van der Waals surface area contributed by atoms with Gasteiger partial charge in [0.15, 0.2) is 0 Å². The molecule has 2 heteroatoms. The van der Waals surface area contributed by atoms with Crippen LogP contribution in [-0.2, 0) is 0 Å². The van der Waals surface area contributed by atoms with E-state index in [1.807, 2.05) is 26.0 Å². The molecule has 0 bridgehead atoms. The van der Waals surface area contributed by atoms with Gasteiger partial charge in [-0.15, -0.1) is 0 Å². The number of benzene rings is 5. The van der Waals surface area contributed by atoms with Crippen molar-refractivity contribution in [2.45, 2.75) is 13.8 Å². The van der Waals surface area contributed by atoms with E-state index in [0.717, 1.165) is 22.6 Å². The molecular formula is C30H26O2. The molecule has 5 aromatic rings. The molecule has 0 atom stereocenters. The summed E-state index contributed by atoms with van der Waals surface area (Å²) in [6.45, 7) is 5.32. The van der Waals surface area contributed by atoms with Crippen LogP contribution in [0.15, 0.2) is 97.1 Å². The third kappa shape index (κ3) is 3.38. The van der Waals surface area contributed by atoms with Crippen LogP contribution in [0.1, 0.15) is 13.8 Å². The molecule has 0 N–H and O–H groups in total. The minimum atomic E-state index is 0.632. The number of ether oxygens (including phenoxy) is 2. The molecule has 0 saturated heterocycles. The number of para-hydroxylation sites is 2. The highest BCUT2D eigenvalue weighted by Gasteiger charge is 2.20. The van der Waals surface area contributed by atoms with Gasteiger partial charge < -0.3 is 9.47 Å². The normalized spacial score (nSPS) is 11.1. The first-order valence-corrected chi connectivity index (χ1v) is 11.2. The highest BCUT2D eigenvalue weighted by atomic mass is 16.5. The Bertz CT molecular complexity index is 1240. The van der Waals surface area contributed by atoms with E-state index in [-0.39, 0.29) is 0 Å². The second-order valence-corrected chi connectivity index (χ2v) is 7.70. The summed E-state index contributed by atoms with van der Waals surface area (Å²) in [5.74, 6) is 1.82. The minimum absolute atomic E-state index is 0.632. The largest absolute Gasteiger partial charge is 0.493 e. The average molecular weight is 419 g/mol. The molecule has 0 aromatic heterocycles. The molecule has 0 unspecified atom stereocenters. The Labute approximate surface area is 189 Å². The molecule has 5 rings (SSSR count). The zero-order valence-corrected chi connectivity index (χ0v) is 18.5. The second kappa shape index (κ2) is 8.76. The van der Waals surface area contributed by atoms with Crippen molar-refractivity contribution in [3.05, 3.63) is 97.1 Å². The Balaban J connectivity index is 1.95. The van der Waals surface area contributed by atoms with E-state index in [4.69, 9.17) is 9.47 Å². The lowest BCUT2D eigenvalue weighted by molar-refractivity contribution is 0.341. The molecule has 0 spiro atoms. The van der Waals surface area contributed by atoms with Gasteiger partial charge in [0.2, 0.25) is 0 Å². The molecule has 0 aliphatic heterocycles. The predicted octanol–water partition coefficient (Wildman–Crippen LogP) is 8.12. The van der Waals surface area contributed by atoms with E-state index in [1.165, 1.54) is 32.7 Å². The molecule has 32 heavy (non-hydrogen) atoms. The van der Waals surface area contributed by atoms with Crippen LogP contribution in [0.4, 0.5) is 0 Å². The summed E-state index contributed by atoms with van der Waals surface area (Å²) in [6.07, 6.45) is 0. The third-order valence-corrected chi connectivity index (χ3v) is 5.84. The maximum Gasteiger partial charge on any atom is 0.127 e. The summed E-state index contributed by atoms with van der Waals surface area (Å²) < 4.78 is 12.1. The van der Waals surface area contributed by atoms with Crippen LogP contribution < -0.4 is 9.47 Å². The van der Waals surface area contributed by atoms with Crippen LogP contribution in [0.2, 0.25) is 0 Å². The van der Waals surface area contributed by atoms with E-state index in [1.54, 1.807) is 0 Å². The van der Waals surface area contributed by atoms with Gasteiger partial charge in [0.05, 0.1) is 13.2 Å². The molecule has 0 radical (unpaired) electrons. The summed E-state index contributed by atoms with van der Waals surface area (Å²) in [5.41, 5.74) is 4.65. The lowest BCUT2D eigenvalue weighted by Gasteiger charge is -2.20. The Morgan fingerprint density at radius 3 is 1.09 bits per heavy atom. The molecular weight excluding hydrogens is 392 g/mol. The van der Waals surface area contributed by atoms with Gasteiger partial charge >= 0.3 is 0 Å². The topological polar surface area (TPSA) is 18.5 Å². The first-order valence-electron chi connectivity index (χ1n) is 11.2. The van der Waals surface area contributed by atoms with Crippen LogP contribution >= 0.6 is 0 Å². The molecule has 158 valence electrons. The van der Waals surface area contributed by atoms with Crippen LogP contribution in [0.3, 0.4) is 0 Å². The van der Waals surface area contributed by atoms with E-state index in [9.17, 15) is 0 Å². The van der Waals surface area contributed by atoms with Gasteiger partial charge in [-0.3, -0.25) is 0 Å². The van der Waals surface area contributed by atoms with Crippen molar-refractivity contribution < 1.29 is 9.47 Å². The Morgan fingerprint density at radius 2 is 0.750 bits per heavy atom. The van der Waals surface area contributed by atoms with Gasteiger partial charge in [-0.05, 0) is 47.5 Å². The number of hydrogen-bond donors (Lipinski definition) is 0. The zero-order valence-electron chi connectivity index (χ0n) is 18.5. The molecule has 2 nitrogen and oxygen atoms in total. The fourth-order valence-corrected chi connectivity index (χ4v) is 4.62.